The number of guanidine groups is 1. The topological polar surface area (TPSA) is 39.7 Å². The molecule has 2 heterocycles. The fourth-order valence-corrected chi connectivity index (χ4v) is 4.89. The number of likely N-dealkylation sites (tertiary alicyclic amines) is 1. The van der Waals surface area contributed by atoms with E-state index >= 15 is 0 Å². The van der Waals surface area contributed by atoms with Crippen molar-refractivity contribution in [2.75, 3.05) is 45.7 Å². The fourth-order valence-electron chi connectivity index (χ4n) is 3.41. The summed E-state index contributed by atoms with van der Waals surface area (Å²) in [6, 6.07) is 4.98. The molecular weight excluding hydrogens is 463 g/mol. The van der Waals surface area contributed by atoms with Crippen LogP contribution in [0.25, 0.3) is 0 Å². The normalized spacial score (nSPS) is 21.6. The van der Waals surface area contributed by atoms with E-state index in [4.69, 9.17) is 0 Å². The summed E-state index contributed by atoms with van der Waals surface area (Å²) in [6.45, 7) is 3.18. The van der Waals surface area contributed by atoms with Crippen molar-refractivity contribution in [2.24, 2.45) is 10.9 Å². The molecule has 0 aliphatic carbocycles. The number of piperidine rings is 1. The Labute approximate surface area is 178 Å². The maximum atomic E-state index is 4.38. The number of aliphatic imine (C=N–C) groups is 1. The van der Waals surface area contributed by atoms with Crippen LogP contribution in [-0.4, -0.2) is 56.6 Å². The Kier molecular flexibility index (Phi) is 12.2. The third-order valence-electron chi connectivity index (χ3n) is 4.66. The zero-order chi connectivity index (χ0) is 17.2. The third kappa shape index (κ3) is 7.64. The van der Waals surface area contributed by atoms with Gasteiger partial charge in [0.2, 0.25) is 0 Å². The number of rotatable bonds is 8. The molecule has 0 saturated carbocycles. The van der Waals surface area contributed by atoms with Gasteiger partial charge in [-0.3, -0.25) is 9.89 Å². The van der Waals surface area contributed by atoms with Gasteiger partial charge in [-0.05, 0) is 68.6 Å². The molecule has 0 aromatic carbocycles. The monoisotopic (exact) mass is 496 g/mol. The Bertz CT molecular complexity index is 481. The summed E-state index contributed by atoms with van der Waals surface area (Å²) in [4.78, 5) is 8.38. The lowest BCUT2D eigenvalue weighted by Crippen LogP contribution is -2.45. The highest BCUT2D eigenvalue weighted by molar-refractivity contribution is 14.0. The van der Waals surface area contributed by atoms with E-state index < -0.39 is 0 Å². The van der Waals surface area contributed by atoms with Crippen LogP contribution in [0.2, 0.25) is 0 Å². The van der Waals surface area contributed by atoms with E-state index in [0.29, 0.717) is 12.0 Å². The van der Waals surface area contributed by atoms with Crippen molar-refractivity contribution in [1.82, 2.24) is 15.5 Å². The molecule has 0 radical (unpaired) electrons. The molecule has 0 spiro atoms. The Morgan fingerprint density at radius 1 is 1.40 bits per heavy atom. The first kappa shape index (κ1) is 23.0. The van der Waals surface area contributed by atoms with E-state index in [1.165, 1.54) is 42.9 Å². The number of halogens is 1. The minimum absolute atomic E-state index is 0. The van der Waals surface area contributed by atoms with E-state index in [0.717, 1.165) is 19.0 Å². The van der Waals surface area contributed by atoms with Crippen LogP contribution < -0.4 is 10.6 Å². The molecule has 1 saturated heterocycles. The van der Waals surface area contributed by atoms with Crippen LogP contribution in [0.4, 0.5) is 0 Å². The van der Waals surface area contributed by atoms with E-state index in [2.05, 4.69) is 51.3 Å². The zero-order valence-corrected chi connectivity index (χ0v) is 19.6. The second kappa shape index (κ2) is 13.2. The first-order valence-corrected chi connectivity index (χ1v) is 11.2. The summed E-state index contributed by atoms with van der Waals surface area (Å²) in [7, 11) is 4.12. The Morgan fingerprint density at radius 3 is 2.92 bits per heavy atom. The van der Waals surface area contributed by atoms with Gasteiger partial charge in [0.25, 0.3) is 0 Å². The van der Waals surface area contributed by atoms with E-state index in [1.54, 1.807) is 0 Å². The van der Waals surface area contributed by atoms with Crippen molar-refractivity contribution in [3.05, 3.63) is 22.4 Å². The largest absolute Gasteiger partial charge is 0.356 e. The summed E-state index contributed by atoms with van der Waals surface area (Å²) in [5, 5.41) is 9.19. The number of thioether (sulfide) groups is 1. The van der Waals surface area contributed by atoms with Crippen molar-refractivity contribution >= 4 is 53.0 Å². The van der Waals surface area contributed by atoms with Crippen LogP contribution in [0.15, 0.2) is 22.5 Å². The molecule has 0 bridgehead atoms. The van der Waals surface area contributed by atoms with Crippen molar-refractivity contribution in [3.8, 4) is 0 Å². The molecule has 2 atom stereocenters. The maximum absolute atomic E-state index is 4.38. The van der Waals surface area contributed by atoms with Gasteiger partial charge in [-0.25, -0.2) is 0 Å². The smallest absolute Gasteiger partial charge is 0.190 e. The average molecular weight is 497 g/mol. The maximum Gasteiger partial charge on any atom is 0.190 e. The van der Waals surface area contributed by atoms with Crippen molar-refractivity contribution in [1.29, 1.82) is 0 Å². The highest BCUT2D eigenvalue weighted by Gasteiger charge is 2.31. The number of nitrogens with zero attached hydrogens (tertiary/aromatic N) is 2. The van der Waals surface area contributed by atoms with Crippen molar-refractivity contribution < 1.29 is 0 Å². The summed E-state index contributed by atoms with van der Waals surface area (Å²) in [5.74, 6) is 2.82. The minimum Gasteiger partial charge on any atom is -0.356 e. The average Bonchev–Trinajstić information content (AvgIpc) is 3.11. The van der Waals surface area contributed by atoms with Crippen molar-refractivity contribution in [3.63, 3.8) is 0 Å². The molecule has 4 nitrogen and oxygen atoms in total. The van der Waals surface area contributed by atoms with Gasteiger partial charge in [-0.2, -0.15) is 11.8 Å². The van der Waals surface area contributed by atoms with Gasteiger partial charge >= 0.3 is 0 Å². The van der Waals surface area contributed by atoms with E-state index in [9.17, 15) is 0 Å². The van der Waals surface area contributed by atoms with Gasteiger partial charge in [0.05, 0.1) is 0 Å². The van der Waals surface area contributed by atoms with Crippen LogP contribution in [-0.2, 0) is 0 Å². The second-order valence-corrected chi connectivity index (χ2v) is 8.39. The SMILES string of the molecule is CN=C(NCCCCSC)NCC1CCCN(C)C1c1cccs1.I. The lowest BCUT2D eigenvalue weighted by Gasteiger charge is -2.39. The van der Waals surface area contributed by atoms with Crippen LogP contribution in [0, 0.1) is 5.92 Å². The second-order valence-electron chi connectivity index (χ2n) is 6.42. The molecule has 1 aromatic heterocycles. The summed E-state index contributed by atoms with van der Waals surface area (Å²) < 4.78 is 0. The third-order valence-corrected chi connectivity index (χ3v) is 6.30. The van der Waals surface area contributed by atoms with E-state index in [-0.39, 0.29) is 24.0 Å². The molecule has 2 unspecified atom stereocenters. The zero-order valence-electron chi connectivity index (χ0n) is 15.7. The highest BCUT2D eigenvalue weighted by atomic mass is 127. The molecule has 25 heavy (non-hydrogen) atoms. The molecule has 7 heteroatoms. The summed E-state index contributed by atoms with van der Waals surface area (Å²) in [5.41, 5.74) is 0. The van der Waals surface area contributed by atoms with Gasteiger partial charge in [0.15, 0.2) is 5.96 Å². The first-order chi connectivity index (χ1) is 11.8. The predicted molar refractivity (Wildman–Crippen MR) is 125 cm³/mol. The molecule has 2 rings (SSSR count). The number of hydrogen-bond acceptors (Lipinski definition) is 4. The van der Waals surface area contributed by atoms with Crippen LogP contribution >= 0.6 is 47.1 Å². The summed E-state index contributed by atoms with van der Waals surface area (Å²) >= 11 is 3.80. The fraction of sp³-hybridized carbons (Fsp3) is 0.722. The lowest BCUT2D eigenvalue weighted by molar-refractivity contribution is 0.125. The highest BCUT2D eigenvalue weighted by Crippen LogP contribution is 2.36. The molecule has 1 aliphatic heterocycles. The van der Waals surface area contributed by atoms with Gasteiger partial charge in [-0.1, -0.05) is 6.07 Å². The van der Waals surface area contributed by atoms with Crippen LogP contribution in [0.3, 0.4) is 0 Å². The summed E-state index contributed by atoms with van der Waals surface area (Å²) in [6.07, 6.45) is 7.19. The minimum atomic E-state index is 0. The molecule has 2 N–H and O–H groups in total. The molecular formula is C18H33IN4S2. The lowest BCUT2D eigenvalue weighted by atomic mass is 9.88. The van der Waals surface area contributed by atoms with Gasteiger partial charge in [0, 0.05) is 31.1 Å². The molecule has 1 fully saturated rings. The van der Waals surface area contributed by atoms with Crippen LogP contribution in [0.1, 0.15) is 36.6 Å². The molecule has 1 aromatic rings. The Hall–Kier alpha value is 0.01000. The first-order valence-electron chi connectivity index (χ1n) is 8.93. The quantitative estimate of drug-likeness (QED) is 0.247. The molecule has 1 aliphatic rings. The van der Waals surface area contributed by atoms with Crippen LogP contribution in [0.5, 0.6) is 0 Å². The standard InChI is InChI=1S/C18H32N4S2.HI/c1-19-18(20-10-4-5-12-23-3)21-14-15-8-6-11-22(2)17(15)16-9-7-13-24-16;/h7,9,13,15,17H,4-6,8,10-12,14H2,1-3H3,(H2,19,20,21);1H. The number of unbranched alkanes of at least 4 members (excludes halogenated alkanes) is 1. The van der Waals surface area contributed by atoms with Gasteiger partial charge in [0.1, 0.15) is 0 Å². The van der Waals surface area contributed by atoms with Gasteiger partial charge < -0.3 is 10.6 Å². The number of nitrogens with one attached hydrogen (secondary N) is 2. The number of hydrogen-bond donors (Lipinski definition) is 2. The predicted octanol–water partition coefficient (Wildman–Crippen LogP) is 4.06. The Morgan fingerprint density at radius 2 is 2.24 bits per heavy atom. The van der Waals surface area contributed by atoms with Crippen molar-refractivity contribution in [2.45, 2.75) is 31.7 Å². The number of thiophene rings is 1. The Balaban J connectivity index is 0.00000312. The van der Waals surface area contributed by atoms with Gasteiger partial charge in [-0.15, -0.1) is 35.3 Å². The van der Waals surface area contributed by atoms with E-state index in [1.807, 2.05) is 30.1 Å². The molecule has 0 amide bonds. The molecule has 144 valence electrons.